The third kappa shape index (κ3) is 5.26. The number of sulfonamides is 1. The van der Waals surface area contributed by atoms with E-state index in [-0.39, 0.29) is 12.3 Å². The number of hydrogen-bond acceptors (Lipinski definition) is 4. The van der Waals surface area contributed by atoms with Crippen molar-refractivity contribution in [2.75, 3.05) is 18.6 Å². The number of hydrogen-bond donors (Lipinski definition) is 2. The fourth-order valence-electron chi connectivity index (χ4n) is 1.49. The van der Waals surface area contributed by atoms with Crippen LogP contribution in [0.1, 0.15) is 11.1 Å². The van der Waals surface area contributed by atoms with Crippen LogP contribution in [0.15, 0.2) is 24.3 Å². The fraction of sp³-hybridized carbons (Fsp3) is 0.455. The molecule has 1 aromatic rings. The van der Waals surface area contributed by atoms with E-state index in [9.17, 15) is 12.6 Å². The number of nitrogens with two attached hydrogens (primary N) is 1. The first-order chi connectivity index (χ1) is 8.44. The Morgan fingerprint density at radius 1 is 1.28 bits per heavy atom. The topological polar surface area (TPSA) is 89.3 Å². The average molecular weight is 290 g/mol. The van der Waals surface area contributed by atoms with Gasteiger partial charge in [0.1, 0.15) is 0 Å². The summed E-state index contributed by atoms with van der Waals surface area (Å²) in [5.74, 6) is 0.217. The molecule has 0 radical (unpaired) electrons. The second kappa shape index (κ2) is 6.98. The molecule has 1 aromatic carbocycles. The van der Waals surface area contributed by atoms with E-state index in [1.165, 1.54) is 6.26 Å². The molecule has 3 N–H and O–H groups in total. The lowest BCUT2D eigenvalue weighted by Crippen LogP contribution is -2.29. The van der Waals surface area contributed by atoms with Gasteiger partial charge in [-0.05, 0) is 11.1 Å². The monoisotopic (exact) mass is 290 g/mol. The van der Waals surface area contributed by atoms with E-state index in [0.29, 0.717) is 17.9 Å². The van der Waals surface area contributed by atoms with E-state index in [1.807, 2.05) is 12.1 Å². The number of rotatable bonds is 7. The number of benzene rings is 1. The molecule has 0 aromatic heterocycles. The zero-order valence-electron chi connectivity index (χ0n) is 10.3. The van der Waals surface area contributed by atoms with Gasteiger partial charge in [0.2, 0.25) is 10.0 Å². The molecule has 0 amide bonds. The van der Waals surface area contributed by atoms with E-state index in [0.717, 1.165) is 5.56 Å². The molecule has 0 heterocycles. The molecular weight excluding hydrogens is 272 g/mol. The van der Waals surface area contributed by atoms with Crippen LogP contribution in [0.4, 0.5) is 0 Å². The Morgan fingerprint density at radius 2 is 1.89 bits per heavy atom. The van der Waals surface area contributed by atoms with Gasteiger partial charge in [0, 0.05) is 35.9 Å². The van der Waals surface area contributed by atoms with Crippen molar-refractivity contribution in [1.82, 2.24) is 4.72 Å². The van der Waals surface area contributed by atoms with Crippen molar-refractivity contribution in [2.45, 2.75) is 12.3 Å². The van der Waals surface area contributed by atoms with Crippen LogP contribution in [0.2, 0.25) is 0 Å². The lowest BCUT2D eigenvalue weighted by molar-refractivity contribution is 0.583. The lowest BCUT2D eigenvalue weighted by atomic mass is 10.1. The predicted octanol–water partition coefficient (Wildman–Crippen LogP) is -0.0568. The van der Waals surface area contributed by atoms with Crippen molar-refractivity contribution in [3.05, 3.63) is 35.4 Å². The maximum Gasteiger partial charge on any atom is 0.215 e. The summed E-state index contributed by atoms with van der Waals surface area (Å²) in [6.45, 7) is 0.501. The minimum atomic E-state index is -3.40. The van der Waals surface area contributed by atoms with Gasteiger partial charge in [-0.1, -0.05) is 24.3 Å². The molecule has 7 heteroatoms. The third-order valence-corrected chi connectivity index (χ3v) is 4.51. The first-order valence-electron chi connectivity index (χ1n) is 5.49. The highest BCUT2D eigenvalue weighted by molar-refractivity contribution is 7.88. The highest BCUT2D eigenvalue weighted by Crippen LogP contribution is 2.11. The van der Waals surface area contributed by atoms with Crippen molar-refractivity contribution >= 4 is 20.8 Å². The van der Waals surface area contributed by atoms with Crippen molar-refractivity contribution in [1.29, 1.82) is 0 Å². The Balaban J connectivity index is 2.67. The molecule has 18 heavy (non-hydrogen) atoms. The molecule has 5 nitrogen and oxygen atoms in total. The maximum atomic E-state index is 11.8. The van der Waals surface area contributed by atoms with Gasteiger partial charge >= 0.3 is 0 Å². The Bertz CT molecular complexity index is 515. The molecule has 0 saturated heterocycles. The Morgan fingerprint density at radius 3 is 2.44 bits per heavy atom. The van der Waals surface area contributed by atoms with Gasteiger partial charge in [0.25, 0.3) is 0 Å². The van der Waals surface area contributed by atoms with Gasteiger partial charge in [0.05, 0.1) is 5.75 Å². The maximum absolute atomic E-state index is 11.8. The second-order valence-electron chi connectivity index (χ2n) is 3.90. The summed E-state index contributed by atoms with van der Waals surface area (Å²) in [5, 5.41) is 0. The van der Waals surface area contributed by atoms with E-state index >= 15 is 0 Å². The summed E-state index contributed by atoms with van der Waals surface area (Å²) >= 11 is 0. The van der Waals surface area contributed by atoms with Crippen LogP contribution in [-0.4, -0.2) is 31.2 Å². The standard InChI is InChI=1S/C11H18N2O3S2/c1-17(14)7-6-13-18(15,16)9-11-5-3-2-4-10(11)8-12/h2-5,13H,6-9,12H2,1H3. The summed E-state index contributed by atoms with van der Waals surface area (Å²) < 4.78 is 36.9. The molecule has 1 unspecified atom stereocenters. The SMILES string of the molecule is CS(=O)CCNS(=O)(=O)Cc1ccccc1CN. The first-order valence-corrected chi connectivity index (χ1v) is 8.87. The van der Waals surface area contributed by atoms with Crippen molar-refractivity contribution < 1.29 is 12.6 Å². The fourth-order valence-corrected chi connectivity index (χ4v) is 3.22. The van der Waals surface area contributed by atoms with Gasteiger partial charge in [-0.15, -0.1) is 0 Å². The minimum absolute atomic E-state index is 0.100. The minimum Gasteiger partial charge on any atom is -0.326 e. The Labute approximate surface area is 110 Å². The van der Waals surface area contributed by atoms with Gasteiger partial charge in [0.15, 0.2) is 0 Å². The van der Waals surface area contributed by atoms with E-state index in [2.05, 4.69) is 4.72 Å². The summed E-state index contributed by atoms with van der Waals surface area (Å²) in [5.41, 5.74) is 7.07. The van der Waals surface area contributed by atoms with E-state index < -0.39 is 20.8 Å². The van der Waals surface area contributed by atoms with Gasteiger partial charge in [-0.2, -0.15) is 0 Å². The molecule has 0 aliphatic rings. The highest BCUT2D eigenvalue weighted by Gasteiger charge is 2.13. The van der Waals surface area contributed by atoms with Gasteiger partial charge in [-0.3, -0.25) is 4.21 Å². The van der Waals surface area contributed by atoms with Crippen molar-refractivity contribution in [3.8, 4) is 0 Å². The summed E-state index contributed by atoms with van der Waals surface area (Å²) in [7, 11) is -4.40. The largest absolute Gasteiger partial charge is 0.326 e. The van der Waals surface area contributed by atoms with E-state index in [1.54, 1.807) is 12.1 Å². The van der Waals surface area contributed by atoms with Crippen LogP contribution in [0.3, 0.4) is 0 Å². The highest BCUT2D eigenvalue weighted by atomic mass is 32.2. The molecule has 0 aliphatic carbocycles. The van der Waals surface area contributed by atoms with Crippen LogP contribution < -0.4 is 10.5 Å². The smallest absolute Gasteiger partial charge is 0.215 e. The third-order valence-electron chi connectivity index (χ3n) is 2.40. The second-order valence-corrected chi connectivity index (χ2v) is 7.27. The molecule has 0 saturated carbocycles. The Hall–Kier alpha value is -0.760. The van der Waals surface area contributed by atoms with Crippen LogP contribution in [0.5, 0.6) is 0 Å². The molecule has 1 rings (SSSR count). The van der Waals surface area contributed by atoms with E-state index in [4.69, 9.17) is 5.73 Å². The van der Waals surface area contributed by atoms with Crippen molar-refractivity contribution in [2.24, 2.45) is 5.73 Å². The quantitative estimate of drug-likeness (QED) is 0.736. The van der Waals surface area contributed by atoms with Crippen LogP contribution >= 0.6 is 0 Å². The molecule has 0 spiro atoms. The summed E-state index contributed by atoms with van der Waals surface area (Å²) in [6.07, 6.45) is 1.54. The zero-order chi connectivity index (χ0) is 13.6. The number of nitrogens with one attached hydrogen (secondary N) is 1. The molecule has 0 fully saturated rings. The molecule has 0 aliphatic heterocycles. The van der Waals surface area contributed by atoms with Gasteiger partial charge in [-0.25, -0.2) is 13.1 Å². The predicted molar refractivity (Wildman–Crippen MR) is 73.9 cm³/mol. The average Bonchev–Trinajstić information content (AvgIpc) is 2.28. The Kier molecular flexibility index (Phi) is 5.94. The van der Waals surface area contributed by atoms with Crippen LogP contribution in [0, 0.1) is 0 Å². The molecular formula is C11H18N2O3S2. The van der Waals surface area contributed by atoms with Gasteiger partial charge < -0.3 is 5.73 Å². The first kappa shape index (κ1) is 15.3. The lowest BCUT2D eigenvalue weighted by Gasteiger charge is -2.09. The normalized spacial score (nSPS) is 13.4. The molecule has 1 atom stereocenters. The molecule has 0 bridgehead atoms. The molecule has 102 valence electrons. The van der Waals surface area contributed by atoms with Crippen LogP contribution in [-0.2, 0) is 33.1 Å². The summed E-state index contributed by atoms with van der Waals surface area (Å²) in [6, 6.07) is 7.17. The van der Waals surface area contributed by atoms with Crippen molar-refractivity contribution in [3.63, 3.8) is 0 Å². The zero-order valence-corrected chi connectivity index (χ0v) is 11.9. The van der Waals surface area contributed by atoms with Crippen LogP contribution in [0.25, 0.3) is 0 Å². The summed E-state index contributed by atoms with van der Waals surface area (Å²) in [4.78, 5) is 0.